The molecule has 0 aliphatic carbocycles. The van der Waals surface area contributed by atoms with E-state index in [1.807, 2.05) is 22.9 Å². The molecule has 4 rings (SSSR count). The second kappa shape index (κ2) is 6.57. The summed E-state index contributed by atoms with van der Waals surface area (Å²) in [4.78, 5) is 2.11. The van der Waals surface area contributed by atoms with Crippen LogP contribution >= 0.6 is 11.3 Å². The van der Waals surface area contributed by atoms with Crippen LogP contribution in [0.15, 0.2) is 77.5 Å². The smallest absolute Gasteiger partial charge is 0.0942 e. The summed E-state index contributed by atoms with van der Waals surface area (Å²) in [6.45, 7) is 0. The Balaban J connectivity index is 1.85. The van der Waals surface area contributed by atoms with Crippen LogP contribution in [-0.2, 0) is 0 Å². The molecule has 0 atom stereocenters. The van der Waals surface area contributed by atoms with Gasteiger partial charge in [0.15, 0.2) is 0 Å². The molecule has 4 aromatic rings. The van der Waals surface area contributed by atoms with Gasteiger partial charge in [-0.25, -0.2) is 4.68 Å². The minimum absolute atomic E-state index is 0.997. The molecule has 0 spiro atoms. The van der Waals surface area contributed by atoms with E-state index in [1.165, 1.54) is 5.69 Å². The molecule has 3 nitrogen and oxygen atoms in total. The van der Waals surface area contributed by atoms with Gasteiger partial charge in [0.1, 0.15) is 0 Å². The van der Waals surface area contributed by atoms with Crippen molar-refractivity contribution in [3.63, 3.8) is 0 Å². The van der Waals surface area contributed by atoms with Gasteiger partial charge in [0, 0.05) is 36.3 Å². The molecule has 0 N–H and O–H groups in total. The zero-order valence-corrected chi connectivity index (χ0v) is 15.1. The van der Waals surface area contributed by atoms with E-state index in [4.69, 9.17) is 5.10 Å². The Kier molecular flexibility index (Phi) is 4.12. The summed E-state index contributed by atoms with van der Waals surface area (Å²) in [5.74, 6) is 0. The Morgan fingerprint density at radius 3 is 2.28 bits per heavy atom. The molecule has 0 saturated heterocycles. The summed E-state index contributed by atoms with van der Waals surface area (Å²) in [6.07, 6.45) is 0. The van der Waals surface area contributed by atoms with Crippen molar-refractivity contribution in [3.05, 3.63) is 77.5 Å². The molecule has 4 heteroatoms. The molecular weight excluding hydrogens is 326 g/mol. The van der Waals surface area contributed by atoms with Gasteiger partial charge in [-0.05, 0) is 41.8 Å². The summed E-state index contributed by atoms with van der Waals surface area (Å²) >= 11 is 1.69. The molecule has 0 fully saturated rings. The number of nitrogens with zero attached hydrogens (tertiary/aromatic N) is 3. The molecule has 0 radical (unpaired) electrons. The summed E-state index contributed by atoms with van der Waals surface area (Å²) in [5, 5.41) is 9.09. The maximum absolute atomic E-state index is 4.87. The van der Waals surface area contributed by atoms with Crippen LogP contribution in [0.2, 0.25) is 0 Å². The Morgan fingerprint density at radius 1 is 0.880 bits per heavy atom. The van der Waals surface area contributed by atoms with Gasteiger partial charge in [-0.3, -0.25) is 0 Å². The molecule has 124 valence electrons. The molecule has 2 aromatic heterocycles. The first-order chi connectivity index (χ1) is 12.2. The summed E-state index contributed by atoms with van der Waals surface area (Å²) < 4.78 is 2.03. The second-order valence-corrected chi connectivity index (χ2v) is 6.90. The van der Waals surface area contributed by atoms with Crippen LogP contribution < -0.4 is 4.90 Å². The van der Waals surface area contributed by atoms with Crippen LogP contribution in [0.3, 0.4) is 0 Å². The van der Waals surface area contributed by atoms with Crippen LogP contribution in [-0.4, -0.2) is 23.9 Å². The number of hydrogen-bond donors (Lipinski definition) is 0. The van der Waals surface area contributed by atoms with Gasteiger partial charge in [-0.2, -0.15) is 16.4 Å². The molecule has 2 heterocycles. The normalized spacial score (nSPS) is 10.8. The van der Waals surface area contributed by atoms with Crippen molar-refractivity contribution in [1.82, 2.24) is 9.78 Å². The topological polar surface area (TPSA) is 21.1 Å². The van der Waals surface area contributed by atoms with Crippen molar-refractivity contribution in [1.29, 1.82) is 0 Å². The van der Waals surface area contributed by atoms with Crippen molar-refractivity contribution in [2.24, 2.45) is 0 Å². The van der Waals surface area contributed by atoms with Gasteiger partial charge in [0.2, 0.25) is 0 Å². The highest BCUT2D eigenvalue weighted by Crippen LogP contribution is 2.30. The Morgan fingerprint density at radius 2 is 1.64 bits per heavy atom. The lowest BCUT2D eigenvalue weighted by Crippen LogP contribution is -2.08. The van der Waals surface area contributed by atoms with E-state index >= 15 is 0 Å². The third kappa shape index (κ3) is 3.08. The molecule has 0 saturated carbocycles. The third-order valence-corrected chi connectivity index (χ3v) is 4.89. The Labute approximate surface area is 151 Å². The van der Waals surface area contributed by atoms with Crippen LogP contribution in [0.4, 0.5) is 5.69 Å². The van der Waals surface area contributed by atoms with Gasteiger partial charge >= 0.3 is 0 Å². The summed E-state index contributed by atoms with van der Waals surface area (Å²) in [6, 6.07) is 23.2. The summed E-state index contributed by atoms with van der Waals surface area (Å²) in [5.41, 5.74) is 6.66. The third-order valence-electron chi connectivity index (χ3n) is 4.21. The van der Waals surface area contributed by atoms with E-state index in [-0.39, 0.29) is 0 Å². The number of hydrogen-bond acceptors (Lipinski definition) is 3. The fourth-order valence-corrected chi connectivity index (χ4v) is 3.48. The zero-order valence-electron chi connectivity index (χ0n) is 14.3. The highest BCUT2D eigenvalue weighted by atomic mass is 32.1. The van der Waals surface area contributed by atoms with Crippen LogP contribution in [0.5, 0.6) is 0 Å². The lowest BCUT2D eigenvalue weighted by Gasteiger charge is -2.13. The number of aromatic nitrogens is 2. The molecule has 0 bridgehead atoms. The maximum Gasteiger partial charge on any atom is 0.0942 e. The summed E-state index contributed by atoms with van der Waals surface area (Å²) in [7, 11) is 4.11. The number of thiophene rings is 1. The minimum atomic E-state index is 0.997. The SMILES string of the molecule is CN(C)c1ccc(-c2cc(-c3ccsc3)nn2-c2ccccc2)cc1. The highest BCUT2D eigenvalue weighted by Gasteiger charge is 2.13. The fourth-order valence-electron chi connectivity index (χ4n) is 2.83. The number of benzene rings is 2. The van der Waals surface area contributed by atoms with E-state index in [0.717, 1.165) is 28.2 Å². The maximum atomic E-state index is 4.87. The monoisotopic (exact) mass is 345 g/mol. The molecule has 0 amide bonds. The molecule has 0 aliphatic rings. The van der Waals surface area contributed by atoms with E-state index < -0.39 is 0 Å². The quantitative estimate of drug-likeness (QED) is 0.498. The standard InChI is InChI=1S/C21H19N3S/c1-23(2)18-10-8-16(9-11-18)21-14-20(17-12-13-25-15-17)22-24(21)19-6-4-3-5-7-19/h3-15H,1-2H3. The predicted octanol–water partition coefficient (Wildman–Crippen LogP) is 5.33. The predicted molar refractivity (Wildman–Crippen MR) is 107 cm³/mol. The van der Waals surface area contributed by atoms with Crippen molar-refractivity contribution in [2.45, 2.75) is 0 Å². The van der Waals surface area contributed by atoms with Crippen LogP contribution in [0, 0.1) is 0 Å². The van der Waals surface area contributed by atoms with Crippen LogP contribution in [0.1, 0.15) is 0 Å². The van der Waals surface area contributed by atoms with E-state index in [0.29, 0.717) is 0 Å². The largest absolute Gasteiger partial charge is 0.378 e. The lowest BCUT2D eigenvalue weighted by atomic mass is 10.1. The van der Waals surface area contributed by atoms with Crippen molar-refractivity contribution in [3.8, 4) is 28.2 Å². The van der Waals surface area contributed by atoms with Crippen molar-refractivity contribution in [2.75, 3.05) is 19.0 Å². The molecule has 0 aliphatic heterocycles. The van der Waals surface area contributed by atoms with E-state index in [2.05, 4.69) is 78.3 Å². The average molecular weight is 345 g/mol. The average Bonchev–Trinajstić information content (AvgIpc) is 3.32. The Bertz CT molecular complexity index is 952. The molecule has 2 aromatic carbocycles. The fraction of sp³-hybridized carbons (Fsp3) is 0.0952. The van der Waals surface area contributed by atoms with Gasteiger partial charge in [-0.15, -0.1) is 0 Å². The van der Waals surface area contributed by atoms with Gasteiger partial charge in [0.25, 0.3) is 0 Å². The van der Waals surface area contributed by atoms with E-state index in [9.17, 15) is 0 Å². The zero-order chi connectivity index (χ0) is 17.2. The number of para-hydroxylation sites is 1. The van der Waals surface area contributed by atoms with Crippen molar-refractivity contribution >= 4 is 17.0 Å². The number of anilines is 1. The highest BCUT2D eigenvalue weighted by molar-refractivity contribution is 7.08. The van der Waals surface area contributed by atoms with Gasteiger partial charge in [0.05, 0.1) is 17.1 Å². The van der Waals surface area contributed by atoms with Crippen LogP contribution in [0.25, 0.3) is 28.2 Å². The number of rotatable bonds is 4. The first-order valence-electron chi connectivity index (χ1n) is 8.18. The second-order valence-electron chi connectivity index (χ2n) is 6.12. The first-order valence-corrected chi connectivity index (χ1v) is 9.12. The van der Waals surface area contributed by atoms with Gasteiger partial charge in [-0.1, -0.05) is 30.3 Å². The van der Waals surface area contributed by atoms with Gasteiger partial charge < -0.3 is 4.90 Å². The molecular formula is C21H19N3S. The molecule has 0 unspecified atom stereocenters. The Hall–Kier alpha value is -2.85. The lowest BCUT2D eigenvalue weighted by molar-refractivity contribution is 0.892. The molecule has 25 heavy (non-hydrogen) atoms. The van der Waals surface area contributed by atoms with E-state index in [1.54, 1.807) is 11.3 Å². The minimum Gasteiger partial charge on any atom is -0.378 e. The first kappa shape index (κ1) is 15.7. The van der Waals surface area contributed by atoms with Crippen molar-refractivity contribution < 1.29 is 0 Å².